The molecule has 8 heteroatoms. The number of likely N-dealkylation sites (tertiary alicyclic amines) is 1. The Morgan fingerprint density at radius 3 is 2.67 bits per heavy atom. The number of anilines is 1. The zero-order valence-corrected chi connectivity index (χ0v) is 21.9. The number of ether oxygens (including phenoxy) is 1. The molecule has 202 valence electrons. The highest BCUT2D eigenvalue weighted by molar-refractivity contribution is 6.02. The number of allylic oxidation sites excluding steroid dienone is 1. The lowest BCUT2D eigenvalue weighted by Gasteiger charge is -2.41. The van der Waals surface area contributed by atoms with Crippen molar-refractivity contribution in [1.82, 2.24) is 15.5 Å². The standard InChI is InChI=1S/C31H34N4O4/c36-28(34-26-13-7-10-23-9-1-2-11-24(23)26)21-35-19-8-16-31(22-35)15-5-6-20-39-27-14-4-3-12-25(27)29(37)32-17-18-33-30(31)38/h1-7,9-14H,8,15-22H2,(H,32,37)(H,33,38)(H,34,36)/b6-5-. The maximum absolute atomic E-state index is 13.5. The Morgan fingerprint density at radius 1 is 0.949 bits per heavy atom. The van der Waals surface area contributed by atoms with Crippen LogP contribution in [0.25, 0.3) is 10.8 Å². The van der Waals surface area contributed by atoms with Crippen LogP contribution in [0.4, 0.5) is 5.69 Å². The molecule has 0 aliphatic carbocycles. The van der Waals surface area contributed by atoms with Crippen molar-refractivity contribution in [3.8, 4) is 5.75 Å². The van der Waals surface area contributed by atoms with Crippen molar-refractivity contribution in [2.24, 2.45) is 5.41 Å². The van der Waals surface area contributed by atoms with Crippen molar-refractivity contribution in [3.05, 3.63) is 84.4 Å². The minimum Gasteiger partial charge on any atom is -0.489 e. The second-order valence-electron chi connectivity index (χ2n) is 10.2. The number of rotatable bonds is 3. The highest BCUT2D eigenvalue weighted by Gasteiger charge is 2.41. The summed E-state index contributed by atoms with van der Waals surface area (Å²) in [5.41, 5.74) is 0.586. The van der Waals surface area contributed by atoms with Gasteiger partial charge in [0.2, 0.25) is 11.8 Å². The van der Waals surface area contributed by atoms with Crippen molar-refractivity contribution in [3.63, 3.8) is 0 Å². The summed E-state index contributed by atoms with van der Waals surface area (Å²) in [6, 6.07) is 21.0. The molecule has 2 aliphatic heterocycles. The Kier molecular flexibility index (Phi) is 8.22. The molecule has 1 fully saturated rings. The van der Waals surface area contributed by atoms with Gasteiger partial charge < -0.3 is 20.7 Å². The first-order chi connectivity index (χ1) is 19.0. The lowest BCUT2D eigenvalue weighted by atomic mass is 9.76. The summed E-state index contributed by atoms with van der Waals surface area (Å²) in [5.74, 6) is 0.127. The highest BCUT2D eigenvalue weighted by Crippen LogP contribution is 2.35. The number of hydrogen-bond acceptors (Lipinski definition) is 5. The van der Waals surface area contributed by atoms with Crippen LogP contribution in [0.3, 0.4) is 0 Å². The van der Waals surface area contributed by atoms with Crippen LogP contribution in [0.5, 0.6) is 5.75 Å². The molecular formula is C31H34N4O4. The number of nitrogens with zero attached hydrogens (tertiary/aromatic N) is 1. The Hall–Kier alpha value is -4.17. The Morgan fingerprint density at radius 2 is 1.74 bits per heavy atom. The molecule has 1 saturated heterocycles. The van der Waals surface area contributed by atoms with Crippen LogP contribution in [0.2, 0.25) is 0 Å². The second kappa shape index (κ2) is 12.1. The fourth-order valence-corrected chi connectivity index (χ4v) is 5.46. The molecule has 1 unspecified atom stereocenters. The van der Waals surface area contributed by atoms with Crippen molar-refractivity contribution >= 4 is 34.2 Å². The third kappa shape index (κ3) is 6.29. The molecule has 0 radical (unpaired) electrons. The fourth-order valence-electron chi connectivity index (χ4n) is 5.46. The normalized spacial score (nSPS) is 21.6. The van der Waals surface area contributed by atoms with Gasteiger partial charge in [-0.05, 0) is 49.4 Å². The van der Waals surface area contributed by atoms with E-state index in [2.05, 4.69) is 20.9 Å². The smallest absolute Gasteiger partial charge is 0.255 e. The first kappa shape index (κ1) is 26.4. The van der Waals surface area contributed by atoms with E-state index < -0.39 is 5.41 Å². The number of carbonyl (C=O) groups is 3. The number of piperidine rings is 1. The summed E-state index contributed by atoms with van der Waals surface area (Å²) < 4.78 is 5.85. The van der Waals surface area contributed by atoms with Gasteiger partial charge in [-0.1, -0.05) is 60.7 Å². The summed E-state index contributed by atoms with van der Waals surface area (Å²) in [7, 11) is 0. The number of amides is 3. The fraction of sp³-hybridized carbons (Fsp3) is 0.323. The van der Waals surface area contributed by atoms with Gasteiger partial charge in [-0.25, -0.2) is 0 Å². The first-order valence-electron chi connectivity index (χ1n) is 13.5. The Labute approximate surface area is 228 Å². The van der Waals surface area contributed by atoms with E-state index in [9.17, 15) is 14.4 Å². The summed E-state index contributed by atoms with van der Waals surface area (Å²) in [6.45, 7) is 2.35. The maximum Gasteiger partial charge on any atom is 0.255 e. The van der Waals surface area contributed by atoms with Crippen LogP contribution >= 0.6 is 0 Å². The molecule has 0 saturated carbocycles. The zero-order valence-electron chi connectivity index (χ0n) is 21.9. The molecule has 2 aliphatic rings. The lowest BCUT2D eigenvalue weighted by Crippen LogP contribution is -2.53. The van der Waals surface area contributed by atoms with E-state index in [4.69, 9.17) is 4.74 Å². The topological polar surface area (TPSA) is 99.8 Å². The molecule has 1 spiro atoms. The van der Waals surface area contributed by atoms with Crippen LogP contribution < -0.4 is 20.7 Å². The van der Waals surface area contributed by atoms with E-state index in [1.807, 2.05) is 60.7 Å². The van der Waals surface area contributed by atoms with Crippen molar-refractivity contribution in [1.29, 1.82) is 0 Å². The highest BCUT2D eigenvalue weighted by atomic mass is 16.5. The van der Waals surface area contributed by atoms with E-state index in [0.29, 0.717) is 44.0 Å². The van der Waals surface area contributed by atoms with Gasteiger partial charge in [-0.15, -0.1) is 0 Å². The number of nitrogens with one attached hydrogen (secondary N) is 3. The molecule has 0 aromatic heterocycles. The number of para-hydroxylation sites is 1. The molecule has 3 aromatic carbocycles. The van der Waals surface area contributed by atoms with Crippen LogP contribution in [-0.2, 0) is 9.59 Å². The number of benzene rings is 3. The molecule has 39 heavy (non-hydrogen) atoms. The maximum atomic E-state index is 13.5. The Balaban J connectivity index is 1.27. The summed E-state index contributed by atoms with van der Waals surface area (Å²) in [4.78, 5) is 41.3. The molecule has 8 nitrogen and oxygen atoms in total. The van der Waals surface area contributed by atoms with E-state index in [1.165, 1.54) is 0 Å². The van der Waals surface area contributed by atoms with E-state index in [0.717, 1.165) is 35.8 Å². The van der Waals surface area contributed by atoms with Gasteiger partial charge in [0.25, 0.3) is 5.91 Å². The van der Waals surface area contributed by atoms with E-state index in [1.54, 1.807) is 18.2 Å². The molecule has 3 N–H and O–H groups in total. The van der Waals surface area contributed by atoms with Gasteiger partial charge in [-0.2, -0.15) is 0 Å². The van der Waals surface area contributed by atoms with Gasteiger partial charge in [-0.3, -0.25) is 19.3 Å². The van der Waals surface area contributed by atoms with Gasteiger partial charge in [0, 0.05) is 30.7 Å². The molecule has 2 heterocycles. The minimum atomic E-state index is -0.666. The SMILES string of the molecule is O=C(CN1CCCC2(C/C=C\COc3ccccc3C(=O)NCCNC2=O)C1)Nc1cccc2ccccc12. The van der Waals surface area contributed by atoms with Gasteiger partial charge in [0.15, 0.2) is 0 Å². The summed E-state index contributed by atoms with van der Waals surface area (Å²) in [6.07, 6.45) is 5.94. The second-order valence-corrected chi connectivity index (χ2v) is 10.2. The largest absolute Gasteiger partial charge is 0.489 e. The van der Waals surface area contributed by atoms with Crippen molar-refractivity contribution in [2.75, 3.05) is 44.6 Å². The Bertz CT molecular complexity index is 1380. The third-order valence-electron chi connectivity index (χ3n) is 7.41. The van der Waals surface area contributed by atoms with Crippen LogP contribution in [0, 0.1) is 5.41 Å². The van der Waals surface area contributed by atoms with Crippen molar-refractivity contribution in [2.45, 2.75) is 19.3 Å². The number of fused-ring (bicyclic) bond motifs is 2. The first-order valence-corrected chi connectivity index (χ1v) is 13.5. The average Bonchev–Trinajstić information content (AvgIpc) is 2.95. The quantitative estimate of drug-likeness (QED) is 0.452. The molecule has 1 atom stereocenters. The van der Waals surface area contributed by atoms with Gasteiger partial charge in [0.1, 0.15) is 12.4 Å². The monoisotopic (exact) mass is 526 g/mol. The van der Waals surface area contributed by atoms with E-state index in [-0.39, 0.29) is 24.3 Å². The van der Waals surface area contributed by atoms with Gasteiger partial charge in [0.05, 0.1) is 17.5 Å². The average molecular weight is 527 g/mol. The van der Waals surface area contributed by atoms with Crippen LogP contribution in [-0.4, -0.2) is 62.0 Å². The summed E-state index contributed by atoms with van der Waals surface area (Å²) >= 11 is 0. The molecule has 5 rings (SSSR count). The van der Waals surface area contributed by atoms with Gasteiger partial charge >= 0.3 is 0 Å². The minimum absolute atomic E-state index is 0.0565. The zero-order chi connectivity index (χ0) is 27.1. The molecule has 3 amide bonds. The van der Waals surface area contributed by atoms with E-state index >= 15 is 0 Å². The third-order valence-corrected chi connectivity index (χ3v) is 7.41. The number of hydrogen-bond donors (Lipinski definition) is 3. The predicted octanol–water partition coefficient (Wildman–Crippen LogP) is 3.75. The molecule has 0 bridgehead atoms. The van der Waals surface area contributed by atoms with Crippen LogP contribution in [0.15, 0.2) is 78.9 Å². The number of carbonyl (C=O) groups excluding carboxylic acids is 3. The lowest BCUT2D eigenvalue weighted by molar-refractivity contribution is -0.135. The molecular weight excluding hydrogens is 492 g/mol. The predicted molar refractivity (Wildman–Crippen MR) is 152 cm³/mol. The molecule has 3 aromatic rings. The van der Waals surface area contributed by atoms with Crippen molar-refractivity contribution < 1.29 is 19.1 Å². The van der Waals surface area contributed by atoms with Crippen LogP contribution in [0.1, 0.15) is 29.6 Å². The summed E-state index contributed by atoms with van der Waals surface area (Å²) in [5, 5.41) is 11.0.